The lowest BCUT2D eigenvalue weighted by atomic mass is 9.82. The summed E-state index contributed by atoms with van der Waals surface area (Å²) in [6.45, 7) is 2.05. The van der Waals surface area contributed by atoms with E-state index in [-0.39, 0.29) is 5.75 Å². The van der Waals surface area contributed by atoms with Crippen molar-refractivity contribution in [2.24, 2.45) is 0 Å². The van der Waals surface area contributed by atoms with Gasteiger partial charge < -0.3 is 15.3 Å². The van der Waals surface area contributed by atoms with Crippen LogP contribution in [0.2, 0.25) is 0 Å². The Kier molecular flexibility index (Phi) is 5.98. The van der Waals surface area contributed by atoms with E-state index in [1.807, 2.05) is 43.3 Å². The van der Waals surface area contributed by atoms with E-state index in [1.165, 1.54) is 19.3 Å². The number of aryl methyl sites for hydroxylation is 1. The van der Waals surface area contributed by atoms with Crippen LogP contribution in [0.25, 0.3) is 0 Å². The highest BCUT2D eigenvalue weighted by Gasteiger charge is 2.19. The monoisotopic (exact) mass is 402 g/mol. The predicted molar refractivity (Wildman–Crippen MR) is 120 cm³/mol. The standard InChI is InChI=1S/C27H30O3/c1-18-13-22(15-19-7-10-24(28)11-8-19)27(30)23(14-18)16-20-9-12-26(29)25(17-20)21-5-3-2-4-6-21/h7-14,17,21,28-30H,2-6,15-16H2,1H3. The normalized spacial score (nSPS) is 14.7. The number of phenolic OH excluding ortho intramolecular Hbond substituents is 3. The van der Waals surface area contributed by atoms with E-state index in [9.17, 15) is 15.3 Å². The molecule has 0 aromatic heterocycles. The van der Waals surface area contributed by atoms with Gasteiger partial charge in [0, 0.05) is 12.8 Å². The van der Waals surface area contributed by atoms with Crippen LogP contribution in [0.1, 0.15) is 71.4 Å². The van der Waals surface area contributed by atoms with Crippen molar-refractivity contribution in [3.05, 3.63) is 88.0 Å². The molecule has 1 aliphatic rings. The Morgan fingerprint density at radius 1 is 0.733 bits per heavy atom. The van der Waals surface area contributed by atoms with Gasteiger partial charge in [-0.3, -0.25) is 0 Å². The van der Waals surface area contributed by atoms with Crippen LogP contribution in [0.4, 0.5) is 0 Å². The SMILES string of the molecule is Cc1cc(Cc2ccc(O)cc2)c(O)c(Cc2ccc(O)c(C3CCCCC3)c2)c1. The molecule has 3 aromatic carbocycles. The molecule has 0 aliphatic heterocycles. The van der Waals surface area contributed by atoms with Crippen molar-refractivity contribution in [3.63, 3.8) is 0 Å². The average Bonchev–Trinajstić information content (AvgIpc) is 2.75. The summed E-state index contributed by atoms with van der Waals surface area (Å²) in [5.41, 5.74) is 6.13. The molecule has 0 heterocycles. The van der Waals surface area contributed by atoms with Crippen LogP contribution in [-0.2, 0) is 12.8 Å². The molecule has 0 radical (unpaired) electrons. The Hall–Kier alpha value is -2.94. The first-order chi connectivity index (χ1) is 14.5. The fourth-order valence-electron chi connectivity index (χ4n) is 4.71. The van der Waals surface area contributed by atoms with E-state index in [0.29, 0.717) is 30.3 Å². The molecule has 0 bridgehead atoms. The minimum atomic E-state index is 0.244. The molecule has 1 fully saturated rings. The lowest BCUT2D eigenvalue weighted by Crippen LogP contribution is -2.05. The zero-order chi connectivity index (χ0) is 21.1. The van der Waals surface area contributed by atoms with Crippen LogP contribution in [0.15, 0.2) is 54.6 Å². The van der Waals surface area contributed by atoms with Crippen molar-refractivity contribution in [1.82, 2.24) is 0 Å². The molecular weight excluding hydrogens is 372 g/mol. The number of hydrogen-bond acceptors (Lipinski definition) is 3. The first-order valence-corrected chi connectivity index (χ1v) is 10.9. The number of hydrogen-bond donors (Lipinski definition) is 3. The molecule has 3 aromatic rings. The van der Waals surface area contributed by atoms with Crippen LogP contribution >= 0.6 is 0 Å². The van der Waals surface area contributed by atoms with Crippen LogP contribution in [0, 0.1) is 6.92 Å². The van der Waals surface area contributed by atoms with Crippen LogP contribution in [0.3, 0.4) is 0 Å². The van der Waals surface area contributed by atoms with E-state index in [2.05, 4.69) is 6.07 Å². The molecule has 3 N–H and O–H groups in total. The highest BCUT2D eigenvalue weighted by molar-refractivity contribution is 5.49. The van der Waals surface area contributed by atoms with E-state index in [0.717, 1.165) is 46.2 Å². The Labute approximate surface area is 178 Å². The van der Waals surface area contributed by atoms with Crippen molar-refractivity contribution in [1.29, 1.82) is 0 Å². The summed E-state index contributed by atoms with van der Waals surface area (Å²) >= 11 is 0. The van der Waals surface area contributed by atoms with Crippen LogP contribution in [-0.4, -0.2) is 15.3 Å². The summed E-state index contributed by atoms with van der Waals surface area (Å²) in [6, 6.07) is 17.1. The van der Waals surface area contributed by atoms with Gasteiger partial charge in [-0.05, 0) is 71.7 Å². The van der Waals surface area contributed by atoms with Gasteiger partial charge in [0.25, 0.3) is 0 Å². The third-order valence-corrected chi connectivity index (χ3v) is 6.27. The molecule has 0 amide bonds. The third kappa shape index (κ3) is 4.62. The minimum absolute atomic E-state index is 0.244. The predicted octanol–water partition coefficient (Wildman–Crippen LogP) is 6.34. The van der Waals surface area contributed by atoms with E-state index >= 15 is 0 Å². The van der Waals surface area contributed by atoms with E-state index in [1.54, 1.807) is 12.1 Å². The smallest absolute Gasteiger partial charge is 0.122 e. The summed E-state index contributed by atoms with van der Waals surface area (Å²) in [6.07, 6.45) is 7.28. The van der Waals surface area contributed by atoms with Crippen molar-refractivity contribution >= 4 is 0 Å². The van der Waals surface area contributed by atoms with Gasteiger partial charge in [-0.2, -0.15) is 0 Å². The largest absolute Gasteiger partial charge is 0.508 e. The van der Waals surface area contributed by atoms with Gasteiger partial charge in [0.05, 0.1) is 0 Å². The lowest BCUT2D eigenvalue weighted by molar-refractivity contribution is 0.414. The zero-order valence-electron chi connectivity index (χ0n) is 17.6. The second-order valence-electron chi connectivity index (χ2n) is 8.68. The second-order valence-corrected chi connectivity index (χ2v) is 8.68. The van der Waals surface area contributed by atoms with Crippen molar-refractivity contribution in [3.8, 4) is 17.2 Å². The van der Waals surface area contributed by atoms with Crippen LogP contribution < -0.4 is 0 Å². The first-order valence-electron chi connectivity index (χ1n) is 10.9. The van der Waals surface area contributed by atoms with Crippen molar-refractivity contribution in [2.45, 2.75) is 57.8 Å². The summed E-state index contributed by atoms with van der Waals surface area (Å²) < 4.78 is 0. The lowest BCUT2D eigenvalue weighted by Gasteiger charge is -2.23. The van der Waals surface area contributed by atoms with Crippen LogP contribution in [0.5, 0.6) is 17.2 Å². The van der Waals surface area contributed by atoms with Gasteiger partial charge in [-0.15, -0.1) is 0 Å². The molecular formula is C27H30O3. The molecule has 30 heavy (non-hydrogen) atoms. The van der Waals surface area contributed by atoms with Gasteiger partial charge >= 0.3 is 0 Å². The highest BCUT2D eigenvalue weighted by atomic mass is 16.3. The number of aromatic hydroxyl groups is 3. The number of rotatable bonds is 5. The molecule has 0 spiro atoms. The molecule has 0 atom stereocenters. The summed E-state index contributed by atoms with van der Waals surface area (Å²) in [4.78, 5) is 0. The fraction of sp³-hybridized carbons (Fsp3) is 0.333. The molecule has 4 rings (SSSR count). The van der Waals surface area contributed by atoms with E-state index < -0.39 is 0 Å². The Morgan fingerprint density at radius 3 is 2.00 bits per heavy atom. The van der Waals surface area contributed by atoms with Gasteiger partial charge in [0.2, 0.25) is 0 Å². The highest BCUT2D eigenvalue weighted by Crippen LogP contribution is 2.38. The van der Waals surface area contributed by atoms with Gasteiger partial charge in [0.1, 0.15) is 17.2 Å². The third-order valence-electron chi connectivity index (χ3n) is 6.27. The fourth-order valence-corrected chi connectivity index (χ4v) is 4.71. The molecule has 3 heteroatoms. The molecule has 3 nitrogen and oxygen atoms in total. The van der Waals surface area contributed by atoms with Gasteiger partial charge in [-0.1, -0.05) is 61.2 Å². The van der Waals surface area contributed by atoms with E-state index in [4.69, 9.17) is 0 Å². The summed E-state index contributed by atoms with van der Waals surface area (Å²) in [5, 5.41) is 30.9. The molecule has 0 unspecified atom stereocenters. The topological polar surface area (TPSA) is 60.7 Å². The maximum atomic E-state index is 11.0. The summed E-state index contributed by atoms with van der Waals surface area (Å²) in [5.74, 6) is 1.41. The molecule has 1 saturated carbocycles. The van der Waals surface area contributed by atoms with Gasteiger partial charge in [-0.25, -0.2) is 0 Å². The molecule has 1 aliphatic carbocycles. The Bertz CT molecular complexity index is 1020. The van der Waals surface area contributed by atoms with Crippen molar-refractivity contribution < 1.29 is 15.3 Å². The second kappa shape index (κ2) is 8.83. The maximum absolute atomic E-state index is 11.0. The minimum Gasteiger partial charge on any atom is -0.508 e. The number of phenols is 3. The Morgan fingerprint density at radius 2 is 1.33 bits per heavy atom. The summed E-state index contributed by atoms with van der Waals surface area (Å²) in [7, 11) is 0. The maximum Gasteiger partial charge on any atom is 0.122 e. The van der Waals surface area contributed by atoms with Crippen molar-refractivity contribution in [2.75, 3.05) is 0 Å². The first kappa shape index (κ1) is 20.3. The quantitative estimate of drug-likeness (QED) is 0.466. The molecule has 156 valence electrons. The zero-order valence-corrected chi connectivity index (χ0v) is 17.6. The Balaban J connectivity index is 1.60. The molecule has 0 saturated heterocycles. The average molecular weight is 403 g/mol. The number of benzene rings is 3. The van der Waals surface area contributed by atoms with Gasteiger partial charge in [0.15, 0.2) is 0 Å².